The second kappa shape index (κ2) is 4.94. The second-order valence-electron chi connectivity index (χ2n) is 3.44. The molecule has 1 heterocycles. The van der Waals surface area contributed by atoms with Gasteiger partial charge in [-0.2, -0.15) is 4.98 Å². The number of rotatable bonds is 4. The van der Waals surface area contributed by atoms with E-state index in [0.717, 1.165) is 5.56 Å². The van der Waals surface area contributed by atoms with Gasteiger partial charge in [-0.3, -0.25) is 0 Å². The van der Waals surface area contributed by atoms with Gasteiger partial charge in [-0.15, -0.1) is 0 Å². The molecular formula is C11H13N3O3. The highest BCUT2D eigenvalue weighted by atomic mass is 16.5. The molecule has 0 aliphatic heterocycles. The summed E-state index contributed by atoms with van der Waals surface area (Å²) in [6.07, 6.45) is -0.929. The molecule has 3 N–H and O–H groups in total. The van der Waals surface area contributed by atoms with E-state index < -0.39 is 6.10 Å². The molecule has 0 saturated heterocycles. The van der Waals surface area contributed by atoms with Crippen LogP contribution in [0.5, 0.6) is 5.75 Å². The normalized spacial score (nSPS) is 12.4. The molecule has 90 valence electrons. The lowest BCUT2D eigenvalue weighted by Crippen LogP contribution is -2.11. The number of nitrogens with zero attached hydrogens (tertiary/aromatic N) is 2. The quantitative estimate of drug-likeness (QED) is 0.811. The van der Waals surface area contributed by atoms with Crippen LogP contribution in [0.4, 0.5) is 0 Å². The molecule has 0 fully saturated rings. The third kappa shape index (κ3) is 2.43. The van der Waals surface area contributed by atoms with E-state index >= 15 is 0 Å². The summed E-state index contributed by atoms with van der Waals surface area (Å²) in [6, 6.07) is 7.25. The molecule has 0 bridgehead atoms. The fourth-order valence-electron chi connectivity index (χ4n) is 1.35. The highest BCUT2D eigenvalue weighted by Gasteiger charge is 2.15. The molecule has 0 unspecified atom stereocenters. The predicted octanol–water partition coefficient (Wildman–Crippen LogP) is 0.737. The largest absolute Gasteiger partial charge is 0.497 e. The summed E-state index contributed by atoms with van der Waals surface area (Å²) in [4.78, 5) is 4.06. The van der Waals surface area contributed by atoms with Crippen LogP contribution in [0.15, 0.2) is 28.8 Å². The maximum atomic E-state index is 9.44. The van der Waals surface area contributed by atoms with E-state index in [-0.39, 0.29) is 12.4 Å². The Hall–Kier alpha value is -1.92. The van der Waals surface area contributed by atoms with E-state index in [1.807, 2.05) is 18.2 Å². The van der Waals surface area contributed by atoms with Gasteiger partial charge in [0.2, 0.25) is 5.82 Å². The Morgan fingerprint density at radius 1 is 1.53 bits per heavy atom. The Kier molecular flexibility index (Phi) is 3.36. The summed E-state index contributed by atoms with van der Waals surface area (Å²) in [6.45, 7) is 0.0414. The van der Waals surface area contributed by atoms with Gasteiger partial charge in [0.15, 0.2) is 0 Å². The van der Waals surface area contributed by atoms with Crippen LogP contribution in [-0.2, 0) is 0 Å². The smallest absolute Gasteiger partial charge is 0.257 e. The summed E-state index contributed by atoms with van der Waals surface area (Å²) in [7, 11) is 1.58. The maximum absolute atomic E-state index is 9.44. The monoisotopic (exact) mass is 235 g/mol. The van der Waals surface area contributed by atoms with Crippen molar-refractivity contribution in [2.24, 2.45) is 5.73 Å². The van der Waals surface area contributed by atoms with Crippen LogP contribution in [0.3, 0.4) is 0 Å². The Morgan fingerprint density at radius 3 is 3.06 bits per heavy atom. The predicted molar refractivity (Wildman–Crippen MR) is 60.3 cm³/mol. The molecule has 6 heteroatoms. The molecule has 0 aliphatic rings. The van der Waals surface area contributed by atoms with E-state index in [9.17, 15) is 5.11 Å². The summed E-state index contributed by atoms with van der Waals surface area (Å²) in [5.74, 6) is 1.21. The van der Waals surface area contributed by atoms with Crippen molar-refractivity contribution >= 4 is 0 Å². The molecule has 2 aromatic rings. The Balaban J connectivity index is 2.30. The van der Waals surface area contributed by atoms with Crippen LogP contribution in [0, 0.1) is 0 Å². The summed E-state index contributed by atoms with van der Waals surface area (Å²) in [5.41, 5.74) is 6.05. The van der Waals surface area contributed by atoms with Gasteiger partial charge in [0.1, 0.15) is 11.9 Å². The van der Waals surface area contributed by atoms with Gasteiger partial charge in [0.05, 0.1) is 7.11 Å². The number of hydrogen-bond acceptors (Lipinski definition) is 6. The molecule has 1 aromatic carbocycles. The zero-order valence-corrected chi connectivity index (χ0v) is 9.33. The number of aromatic nitrogens is 2. The molecule has 0 saturated carbocycles. The van der Waals surface area contributed by atoms with Crippen molar-refractivity contribution in [2.45, 2.75) is 6.10 Å². The van der Waals surface area contributed by atoms with Crippen LogP contribution in [0.25, 0.3) is 11.4 Å². The van der Waals surface area contributed by atoms with E-state index in [2.05, 4.69) is 10.1 Å². The van der Waals surface area contributed by atoms with Gasteiger partial charge in [0.25, 0.3) is 5.89 Å². The number of nitrogens with two attached hydrogens (primary N) is 1. The van der Waals surface area contributed by atoms with Gasteiger partial charge < -0.3 is 20.1 Å². The van der Waals surface area contributed by atoms with Crippen LogP contribution in [-0.4, -0.2) is 28.9 Å². The molecule has 1 aromatic heterocycles. The van der Waals surface area contributed by atoms with Gasteiger partial charge in [-0.25, -0.2) is 0 Å². The number of benzene rings is 1. The number of ether oxygens (including phenoxy) is 1. The first-order valence-corrected chi connectivity index (χ1v) is 5.10. The minimum Gasteiger partial charge on any atom is -0.497 e. The summed E-state index contributed by atoms with van der Waals surface area (Å²) < 4.78 is 10.0. The van der Waals surface area contributed by atoms with Crippen molar-refractivity contribution in [2.75, 3.05) is 13.7 Å². The molecule has 0 radical (unpaired) electrons. The van der Waals surface area contributed by atoms with Crippen molar-refractivity contribution in [1.29, 1.82) is 0 Å². The summed E-state index contributed by atoms with van der Waals surface area (Å²) >= 11 is 0. The number of aliphatic hydroxyl groups is 1. The molecule has 0 spiro atoms. The molecule has 6 nitrogen and oxygen atoms in total. The van der Waals surface area contributed by atoms with Crippen molar-refractivity contribution in [3.63, 3.8) is 0 Å². The minimum absolute atomic E-state index is 0.0414. The van der Waals surface area contributed by atoms with Crippen LogP contribution >= 0.6 is 0 Å². The van der Waals surface area contributed by atoms with Crippen molar-refractivity contribution in [1.82, 2.24) is 10.1 Å². The summed E-state index contributed by atoms with van der Waals surface area (Å²) in [5, 5.41) is 13.2. The molecule has 2 rings (SSSR count). The standard InChI is InChI=1S/C11H13N3O3/c1-16-8-4-2-3-7(5-8)10-13-11(17-14-10)9(15)6-12/h2-5,9,15H,6,12H2,1H3/t9-/m0/s1. The molecular weight excluding hydrogens is 222 g/mol. The number of aliphatic hydroxyl groups excluding tert-OH is 1. The van der Waals surface area contributed by atoms with Crippen molar-refractivity contribution < 1.29 is 14.4 Å². The average Bonchev–Trinajstić information content (AvgIpc) is 2.87. The molecule has 17 heavy (non-hydrogen) atoms. The van der Waals surface area contributed by atoms with Crippen molar-refractivity contribution in [3.8, 4) is 17.1 Å². The van der Waals surface area contributed by atoms with Gasteiger partial charge in [-0.1, -0.05) is 17.3 Å². The van der Waals surface area contributed by atoms with E-state index in [0.29, 0.717) is 11.6 Å². The molecule has 1 atom stereocenters. The zero-order chi connectivity index (χ0) is 12.3. The second-order valence-corrected chi connectivity index (χ2v) is 3.44. The van der Waals surface area contributed by atoms with Crippen LogP contribution < -0.4 is 10.5 Å². The Morgan fingerprint density at radius 2 is 2.35 bits per heavy atom. The average molecular weight is 235 g/mol. The lowest BCUT2D eigenvalue weighted by molar-refractivity contribution is 0.141. The molecule has 0 aliphatic carbocycles. The SMILES string of the molecule is COc1cccc(-c2noc([C@@H](O)CN)n2)c1. The van der Waals surface area contributed by atoms with E-state index in [1.165, 1.54) is 0 Å². The van der Waals surface area contributed by atoms with Gasteiger partial charge in [-0.05, 0) is 12.1 Å². The first kappa shape index (κ1) is 11.6. The van der Waals surface area contributed by atoms with Gasteiger partial charge >= 0.3 is 0 Å². The first-order valence-electron chi connectivity index (χ1n) is 5.10. The first-order chi connectivity index (χ1) is 8.24. The van der Waals surface area contributed by atoms with Crippen LogP contribution in [0.2, 0.25) is 0 Å². The zero-order valence-electron chi connectivity index (χ0n) is 9.33. The fourth-order valence-corrected chi connectivity index (χ4v) is 1.35. The topological polar surface area (TPSA) is 94.4 Å². The Labute approximate surface area is 98.0 Å². The number of methoxy groups -OCH3 is 1. The molecule has 0 amide bonds. The highest BCUT2D eigenvalue weighted by molar-refractivity contribution is 5.56. The maximum Gasteiger partial charge on any atom is 0.257 e. The number of hydrogen-bond donors (Lipinski definition) is 2. The third-order valence-electron chi connectivity index (χ3n) is 2.28. The van der Waals surface area contributed by atoms with Crippen LogP contribution in [0.1, 0.15) is 12.0 Å². The fraction of sp³-hybridized carbons (Fsp3) is 0.273. The van der Waals surface area contributed by atoms with Gasteiger partial charge in [0, 0.05) is 12.1 Å². The Bertz CT molecular complexity index is 498. The van der Waals surface area contributed by atoms with Crippen molar-refractivity contribution in [3.05, 3.63) is 30.2 Å². The third-order valence-corrected chi connectivity index (χ3v) is 2.28. The van der Waals surface area contributed by atoms with E-state index in [4.69, 9.17) is 15.0 Å². The lowest BCUT2D eigenvalue weighted by Gasteiger charge is -2.00. The minimum atomic E-state index is -0.929. The lowest BCUT2D eigenvalue weighted by atomic mass is 10.2. The van der Waals surface area contributed by atoms with E-state index in [1.54, 1.807) is 13.2 Å². The highest BCUT2D eigenvalue weighted by Crippen LogP contribution is 2.22.